The summed E-state index contributed by atoms with van der Waals surface area (Å²) < 4.78 is 1.31. The van der Waals surface area contributed by atoms with Crippen molar-refractivity contribution in [3.8, 4) is 10.6 Å². The number of nitrogens with one attached hydrogen (secondary N) is 1. The summed E-state index contributed by atoms with van der Waals surface area (Å²) in [5.41, 5.74) is 4.68. The first-order chi connectivity index (χ1) is 12.8. The molecule has 1 N–H and O–H groups in total. The first-order valence-corrected chi connectivity index (χ1v) is 9.46. The second-order valence-electron chi connectivity index (χ2n) is 6.56. The van der Waals surface area contributed by atoms with E-state index < -0.39 is 0 Å². The number of carbonyl (C=O) groups is 1. The van der Waals surface area contributed by atoms with Crippen LogP contribution in [0.25, 0.3) is 10.6 Å². The lowest BCUT2D eigenvalue weighted by molar-refractivity contribution is 0.0954. The summed E-state index contributed by atoms with van der Waals surface area (Å²) in [5, 5.41) is 7.70. The quantitative estimate of drug-likeness (QED) is 0.752. The minimum atomic E-state index is -0.210. The van der Waals surface area contributed by atoms with E-state index in [-0.39, 0.29) is 11.5 Å². The fourth-order valence-electron chi connectivity index (χ4n) is 2.88. The van der Waals surface area contributed by atoms with Crippen LogP contribution < -0.4 is 10.9 Å². The molecule has 6 nitrogen and oxygen atoms in total. The van der Waals surface area contributed by atoms with Crippen LogP contribution in [0.1, 0.15) is 37.7 Å². The van der Waals surface area contributed by atoms with Crippen LogP contribution in [0, 0.1) is 27.7 Å². The van der Waals surface area contributed by atoms with Gasteiger partial charge in [-0.3, -0.25) is 9.59 Å². The van der Waals surface area contributed by atoms with Gasteiger partial charge in [-0.2, -0.15) is 5.10 Å². The summed E-state index contributed by atoms with van der Waals surface area (Å²) in [7, 11) is 1.62. The van der Waals surface area contributed by atoms with Gasteiger partial charge >= 0.3 is 0 Å². The number of benzene rings is 1. The molecular formula is C20H22N4O2S. The van der Waals surface area contributed by atoms with Gasteiger partial charge in [0.2, 0.25) is 0 Å². The van der Waals surface area contributed by atoms with Crippen LogP contribution in [-0.4, -0.2) is 20.7 Å². The zero-order valence-corrected chi connectivity index (χ0v) is 16.9. The number of aromatic nitrogens is 3. The van der Waals surface area contributed by atoms with Crippen LogP contribution in [0.3, 0.4) is 0 Å². The smallest absolute Gasteiger partial charge is 0.277 e. The normalized spacial score (nSPS) is 10.9. The Hall–Kier alpha value is -2.80. The number of rotatable bonds is 4. The molecule has 140 valence electrons. The predicted octanol–water partition coefficient (Wildman–Crippen LogP) is 3.07. The van der Waals surface area contributed by atoms with Gasteiger partial charge in [-0.15, -0.1) is 11.3 Å². The summed E-state index contributed by atoms with van der Waals surface area (Å²) in [6.07, 6.45) is 0. The average molecular weight is 382 g/mol. The van der Waals surface area contributed by atoms with Crippen molar-refractivity contribution in [2.45, 2.75) is 34.2 Å². The van der Waals surface area contributed by atoms with Crippen molar-refractivity contribution >= 4 is 17.2 Å². The third-order valence-electron chi connectivity index (χ3n) is 4.64. The van der Waals surface area contributed by atoms with Crippen molar-refractivity contribution in [3.63, 3.8) is 0 Å². The van der Waals surface area contributed by atoms with Crippen molar-refractivity contribution in [2.75, 3.05) is 0 Å². The number of aryl methyl sites for hydroxylation is 4. The highest BCUT2D eigenvalue weighted by Crippen LogP contribution is 2.28. The van der Waals surface area contributed by atoms with E-state index in [9.17, 15) is 9.59 Å². The summed E-state index contributed by atoms with van der Waals surface area (Å²) in [6.45, 7) is 7.97. The summed E-state index contributed by atoms with van der Waals surface area (Å²) in [4.78, 5) is 30.2. The first-order valence-electron chi connectivity index (χ1n) is 8.64. The van der Waals surface area contributed by atoms with Crippen LogP contribution in [0.5, 0.6) is 0 Å². The Morgan fingerprint density at radius 1 is 1.15 bits per heavy atom. The molecule has 0 aliphatic heterocycles. The number of hydrogen-bond donors (Lipinski definition) is 1. The highest BCUT2D eigenvalue weighted by Gasteiger charge is 2.21. The van der Waals surface area contributed by atoms with E-state index in [0.29, 0.717) is 27.7 Å². The van der Waals surface area contributed by atoms with E-state index in [0.717, 1.165) is 22.4 Å². The highest BCUT2D eigenvalue weighted by atomic mass is 32.1. The lowest BCUT2D eigenvalue weighted by Crippen LogP contribution is -2.23. The van der Waals surface area contributed by atoms with Crippen LogP contribution in [0.15, 0.2) is 29.1 Å². The minimum absolute atomic E-state index is 0.181. The molecule has 0 atom stereocenters. The first kappa shape index (κ1) is 19.0. The Morgan fingerprint density at radius 2 is 1.85 bits per heavy atom. The summed E-state index contributed by atoms with van der Waals surface area (Å²) in [5.74, 6) is -0.181. The van der Waals surface area contributed by atoms with Gasteiger partial charge < -0.3 is 5.32 Å². The van der Waals surface area contributed by atoms with Gasteiger partial charge in [-0.25, -0.2) is 9.67 Å². The second kappa shape index (κ2) is 7.44. The fourth-order valence-corrected chi connectivity index (χ4v) is 3.96. The van der Waals surface area contributed by atoms with E-state index in [4.69, 9.17) is 0 Å². The van der Waals surface area contributed by atoms with E-state index in [1.165, 1.54) is 16.0 Å². The largest absolute Gasteiger partial charge is 0.347 e. The lowest BCUT2D eigenvalue weighted by Gasteiger charge is -2.07. The minimum Gasteiger partial charge on any atom is -0.347 e. The number of carbonyl (C=O) groups excluding carboxylic acids is 1. The Kier molecular flexibility index (Phi) is 5.23. The van der Waals surface area contributed by atoms with Gasteiger partial charge in [0.25, 0.3) is 11.5 Å². The van der Waals surface area contributed by atoms with E-state index >= 15 is 0 Å². The molecule has 0 fully saturated rings. The Balaban J connectivity index is 1.90. The third-order valence-corrected chi connectivity index (χ3v) is 5.82. The van der Waals surface area contributed by atoms with E-state index in [1.807, 2.05) is 45.0 Å². The number of nitrogens with zero attached hydrogens (tertiary/aromatic N) is 3. The predicted molar refractivity (Wildman–Crippen MR) is 107 cm³/mol. The van der Waals surface area contributed by atoms with Crippen LogP contribution in [-0.2, 0) is 13.6 Å². The maximum Gasteiger partial charge on any atom is 0.277 e. The molecule has 0 aliphatic carbocycles. The molecule has 0 saturated carbocycles. The van der Waals surface area contributed by atoms with E-state index in [1.54, 1.807) is 14.0 Å². The van der Waals surface area contributed by atoms with Gasteiger partial charge in [0.1, 0.15) is 9.88 Å². The van der Waals surface area contributed by atoms with Crippen molar-refractivity contribution in [3.05, 3.63) is 67.6 Å². The number of thiazole rings is 1. The molecule has 0 spiro atoms. The maximum absolute atomic E-state index is 12.7. The molecule has 0 saturated heterocycles. The maximum atomic E-state index is 12.7. The van der Waals surface area contributed by atoms with Crippen LogP contribution in [0.2, 0.25) is 0 Å². The summed E-state index contributed by atoms with van der Waals surface area (Å²) >= 11 is 1.24. The zero-order valence-electron chi connectivity index (χ0n) is 16.1. The standard InChI is InChI=1S/C20H22N4O2S/c1-11-8-6-7-9-15(11)10-21-18(25)17-14(4)22-19(27-17)16-12(2)13(3)23-24(5)20(16)26/h6-9H,10H2,1-5H3,(H,21,25). The third kappa shape index (κ3) is 3.68. The van der Waals surface area contributed by atoms with Gasteiger partial charge in [-0.05, 0) is 44.4 Å². The average Bonchev–Trinajstić information content (AvgIpc) is 3.01. The Morgan fingerprint density at radius 3 is 2.56 bits per heavy atom. The SMILES string of the molecule is Cc1ccccc1CNC(=O)c1sc(-c2c(C)c(C)nn(C)c2=O)nc1C. The molecule has 0 unspecified atom stereocenters. The molecule has 2 aromatic heterocycles. The molecule has 7 heteroatoms. The van der Waals surface area contributed by atoms with E-state index in [2.05, 4.69) is 15.4 Å². The van der Waals surface area contributed by atoms with Crippen molar-refractivity contribution < 1.29 is 4.79 Å². The van der Waals surface area contributed by atoms with Crippen LogP contribution in [0.4, 0.5) is 0 Å². The Labute approximate surface area is 161 Å². The number of amides is 1. The summed E-state index contributed by atoms with van der Waals surface area (Å²) in [6, 6.07) is 7.93. The van der Waals surface area contributed by atoms with Gasteiger partial charge in [-0.1, -0.05) is 24.3 Å². The molecule has 2 heterocycles. The molecule has 27 heavy (non-hydrogen) atoms. The van der Waals surface area contributed by atoms with Crippen LogP contribution >= 0.6 is 11.3 Å². The molecule has 3 aromatic rings. The lowest BCUT2D eigenvalue weighted by atomic mass is 10.1. The molecule has 1 amide bonds. The second-order valence-corrected chi connectivity index (χ2v) is 7.56. The molecular weight excluding hydrogens is 360 g/mol. The monoisotopic (exact) mass is 382 g/mol. The zero-order chi connectivity index (χ0) is 19.7. The van der Waals surface area contributed by atoms with Crippen molar-refractivity contribution in [2.24, 2.45) is 7.05 Å². The molecule has 0 bridgehead atoms. The van der Waals surface area contributed by atoms with Gasteiger partial charge in [0.15, 0.2) is 0 Å². The van der Waals surface area contributed by atoms with Gasteiger partial charge in [0.05, 0.1) is 17.0 Å². The fraction of sp³-hybridized carbons (Fsp3) is 0.300. The molecule has 0 radical (unpaired) electrons. The van der Waals surface area contributed by atoms with Gasteiger partial charge in [0, 0.05) is 13.6 Å². The highest BCUT2D eigenvalue weighted by molar-refractivity contribution is 7.17. The molecule has 1 aromatic carbocycles. The number of hydrogen-bond acceptors (Lipinski definition) is 5. The molecule has 0 aliphatic rings. The topological polar surface area (TPSA) is 76.9 Å². The van der Waals surface area contributed by atoms with Crippen molar-refractivity contribution in [1.82, 2.24) is 20.1 Å². The Bertz CT molecular complexity index is 1080. The molecule has 3 rings (SSSR count). The van der Waals surface area contributed by atoms with Crippen molar-refractivity contribution in [1.29, 1.82) is 0 Å².